The summed E-state index contributed by atoms with van der Waals surface area (Å²) in [7, 11) is 0. The predicted octanol–water partition coefficient (Wildman–Crippen LogP) is 4.28. The summed E-state index contributed by atoms with van der Waals surface area (Å²) in [6.45, 7) is 6.81. The van der Waals surface area contributed by atoms with Crippen molar-refractivity contribution in [2.75, 3.05) is 6.61 Å². The van der Waals surface area contributed by atoms with Gasteiger partial charge in [0.05, 0.1) is 12.3 Å². The van der Waals surface area contributed by atoms with Crippen molar-refractivity contribution in [3.05, 3.63) is 41.0 Å². The van der Waals surface area contributed by atoms with Gasteiger partial charge in [-0.1, -0.05) is 19.9 Å². The number of hydrogen-bond acceptors (Lipinski definition) is 4. The highest BCUT2D eigenvalue weighted by molar-refractivity contribution is 7.15. The molecule has 1 aromatic carbocycles. The number of carboxylic acid groups (broad SMARTS) is 1. The van der Waals surface area contributed by atoms with Crippen molar-refractivity contribution in [3.63, 3.8) is 0 Å². The molecule has 0 unspecified atom stereocenters. The number of imidazole rings is 1. The number of rotatable bonds is 5. The number of nitrogens with zero attached hydrogens (tertiary/aromatic N) is 2. The standard InChI is InChI=1S/C17H18N2O3S/c1-4-22-15-6-5-11(10(2)3)7-12(15)14-9-23-17-18-13(16(20)21)8-19(14)17/h5-10H,4H2,1-3H3,(H,20,21). The molecule has 2 aromatic heterocycles. The Morgan fingerprint density at radius 3 is 2.87 bits per heavy atom. The Kier molecular flexibility index (Phi) is 4.09. The second kappa shape index (κ2) is 6.04. The maximum atomic E-state index is 11.1. The maximum Gasteiger partial charge on any atom is 0.356 e. The molecular formula is C17H18N2O3S. The molecule has 23 heavy (non-hydrogen) atoms. The van der Waals surface area contributed by atoms with E-state index >= 15 is 0 Å². The van der Waals surface area contributed by atoms with Gasteiger partial charge in [0.15, 0.2) is 10.7 Å². The number of hydrogen-bond donors (Lipinski definition) is 1. The van der Waals surface area contributed by atoms with E-state index in [9.17, 15) is 4.79 Å². The van der Waals surface area contributed by atoms with Crippen molar-refractivity contribution >= 4 is 22.3 Å². The third-order valence-electron chi connectivity index (χ3n) is 3.67. The van der Waals surface area contributed by atoms with Crippen LogP contribution < -0.4 is 4.74 Å². The van der Waals surface area contributed by atoms with Crippen LogP contribution in [0.25, 0.3) is 16.2 Å². The van der Waals surface area contributed by atoms with E-state index in [1.807, 2.05) is 22.8 Å². The summed E-state index contributed by atoms with van der Waals surface area (Å²) in [6, 6.07) is 6.16. The van der Waals surface area contributed by atoms with Gasteiger partial charge in [0.25, 0.3) is 0 Å². The molecule has 0 saturated heterocycles. The Balaban J connectivity index is 2.19. The van der Waals surface area contributed by atoms with Crippen LogP contribution in [0.3, 0.4) is 0 Å². The molecule has 3 aromatic rings. The van der Waals surface area contributed by atoms with E-state index in [4.69, 9.17) is 9.84 Å². The largest absolute Gasteiger partial charge is 0.493 e. The third-order valence-corrected chi connectivity index (χ3v) is 4.51. The minimum atomic E-state index is -1.02. The maximum absolute atomic E-state index is 11.1. The lowest BCUT2D eigenvalue weighted by Gasteiger charge is -2.13. The number of carboxylic acids is 1. The van der Waals surface area contributed by atoms with Crippen LogP contribution in [0.1, 0.15) is 42.7 Å². The van der Waals surface area contributed by atoms with E-state index in [0.29, 0.717) is 17.5 Å². The van der Waals surface area contributed by atoms with Crippen molar-refractivity contribution in [1.82, 2.24) is 9.38 Å². The fourth-order valence-electron chi connectivity index (χ4n) is 2.47. The fraction of sp³-hybridized carbons (Fsp3) is 0.294. The van der Waals surface area contributed by atoms with Crippen LogP contribution in [0.15, 0.2) is 29.8 Å². The molecule has 1 N–H and O–H groups in total. The number of thiazole rings is 1. The van der Waals surface area contributed by atoms with Crippen molar-refractivity contribution in [1.29, 1.82) is 0 Å². The zero-order chi connectivity index (χ0) is 16.6. The molecule has 2 heterocycles. The molecule has 3 rings (SSSR count). The summed E-state index contributed by atoms with van der Waals surface area (Å²) >= 11 is 1.42. The summed E-state index contributed by atoms with van der Waals surface area (Å²) in [4.78, 5) is 15.9. The molecule has 0 amide bonds. The normalized spacial score (nSPS) is 11.3. The molecule has 0 spiro atoms. The minimum Gasteiger partial charge on any atom is -0.493 e. The summed E-state index contributed by atoms with van der Waals surface area (Å²) in [5.41, 5.74) is 3.12. The van der Waals surface area contributed by atoms with Crippen LogP contribution >= 0.6 is 11.3 Å². The van der Waals surface area contributed by atoms with Crippen LogP contribution in [-0.4, -0.2) is 27.1 Å². The number of fused-ring (bicyclic) bond motifs is 1. The summed E-state index contributed by atoms with van der Waals surface area (Å²) in [5, 5.41) is 11.1. The summed E-state index contributed by atoms with van der Waals surface area (Å²) in [5.74, 6) is 0.172. The molecule has 0 aliphatic carbocycles. The van der Waals surface area contributed by atoms with E-state index in [0.717, 1.165) is 17.0 Å². The average molecular weight is 330 g/mol. The summed E-state index contributed by atoms with van der Waals surface area (Å²) < 4.78 is 7.57. The average Bonchev–Trinajstić information content (AvgIpc) is 3.08. The molecule has 0 fully saturated rings. The molecule has 0 radical (unpaired) electrons. The van der Waals surface area contributed by atoms with Gasteiger partial charge < -0.3 is 9.84 Å². The highest BCUT2D eigenvalue weighted by Gasteiger charge is 2.17. The SMILES string of the molecule is CCOc1ccc(C(C)C)cc1-c1csc2nc(C(=O)O)cn12. The van der Waals surface area contributed by atoms with Gasteiger partial charge >= 0.3 is 5.97 Å². The Morgan fingerprint density at radius 2 is 2.22 bits per heavy atom. The molecular weight excluding hydrogens is 312 g/mol. The first-order valence-electron chi connectivity index (χ1n) is 7.48. The molecule has 0 aliphatic heterocycles. The molecule has 5 nitrogen and oxygen atoms in total. The van der Waals surface area contributed by atoms with Crippen molar-refractivity contribution in [2.45, 2.75) is 26.7 Å². The highest BCUT2D eigenvalue weighted by atomic mass is 32.1. The number of ether oxygens (including phenoxy) is 1. The topological polar surface area (TPSA) is 63.8 Å². The van der Waals surface area contributed by atoms with Crippen molar-refractivity contribution < 1.29 is 14.6 Å². The number of benzene rings is 1. The van der Waals surface area contributed by atoms with E-state index < -0.39 is 5.97 Å². The summed E-state index contributed by atoms with van der Waals surface area (Å²) in [6.07, 6.45) is 1.56. The molecule has 6 heteroatoms. The Bertz CT molecular complexity index is 864. The van der Waals surface area contributed by atoms with E-state index in [2.05, 4.69) is 31.0 Å². The number of aromatic carboxylic acids is 1. The second-order valence-electron chi connectivity index (χ2n) is 5.55. The fourth-order valence-corrected chi connectivity index (χ4v) is 3.34. The third kappa shape index (κ3) is 2.82. The van der Waals surface area contributed by atoms with Gasteiger partial charge in [-0.15, -0.1) is 11.3 Å². The lowest BCUT2D eigenvalue weighted by Crippen LogP contribution is -1.98. The van der Waals surface area contributed by atoms with E-state index in [-0.39, 0.29) is 5.69 Å². The van der Waals surface area contributed by atoms with E-state index in [1.54, 1.807) is 6.20 Å². The number of carbonyl (C=O) groups is 1. The van der Waals surface area contributed by atoms with E-state index in [1.165, 1.54) is 16.9 Å². The van der Waals surface area contributed by atoms with Gasteiger partial charge in [0.2, 0.25) is 0 Å². The zero-order valence-electron chi connectivity index (χ0n) is 13.2. The van der Waals surface area contributed by atoms with Gasteiger partial charge in [-0.05, 0) is 30.5 Å². The Hall–Kier alpha value is -2.34. The van der Waals surface area contributed by atoms with Gasteiger partial charge in [-0.25, -0.2) is 9.78 Å². The zero-order valence-corrected chi connectivity index (χ0v) is 14.1. The number of aromatic nitrogens is 2. The second-order valence-corrected chi connectivity index (χ2v) is 6.38. The van der Waals surface area contributed by atoms with Crippen LogP contribution in [0.2, 0.25) is 0 Å². The molecule has 0 bridgehead atoms. The van der Waals surface area contributed by atoms with Gasteiger partial charge in [-0.3, -0.25) is 4.40 Å². The van der Waals surface area contributed by atoms with Crippen LogP contribution in [0.5, 0.6) is 5.75 Å². The van der Waals surface area contributed by atoms with Gasteiger partial charge in [-0.2, -0.15) is 0 Å². The Morgan fingerprint density at radius 1 is 1.43 bits per heavy atom. The molecule has 0 saturated carbocycles. The van der Waals surface area contributed by atoms with Crippen molar-refractivity contribution in [2.24, 2.45) is 0 Å². The minimum absolute atomic E-state index is 0.0519. The first kappa shape index (κ1) is 15.6. The lowest BCUT2D eigenvalue weighted by atomic mass is 9.99. The van der Waals surface area contributed by atoms with Crippen LogP contribution in [0.4, 0.5) is 0 Å². The first-order valence-corrected chi connectivity index (χ1v) is 8.36. The predicted molar refractivity (Wildman–Crippen MR) is 90.7 cm³/mol. The van der Waals surface area contributed by atoms with Crippen LogP contribution in [0, 0.1) is 0 Å². The quantitative estimate of drug-likeness (QED) is 0.758. The molecule has 0 atom stereocenters. The highest BCUT2D eigenvalue weighted by Crippen LogP contribution is 2.35. The lowest BCUT2D eigenvalue weighted by molar-refractivity contribution is 0.0691. The van der Waals surface area contributed by atoms with Gasteiger partial charge in [0.1, 0.15) is 5.75 Å². The molecule has 0 aliphatic rings. The van der Waals surface area contributed by atoms with Crippen LogP contribution in [-0.2, 0) is 0 Å². The van der Waals surface area contributed by atoms with Gasteiger partial charge in [0, 0.05) is 17.1 Å². The molecule has 120 valence electrons. The van der Waals surface area contributed by atoms with Crippen molar-refractivity contribution in [3.8, 4) is 17.0 Å². The Labute approximate surface area is 138 Å². The monoisotopic (exact) mass is 330 g/mol. The smallest absolute Gasteiger partial charge is 0.356 e. The first-order chi connectivity index (χ1) is 11.0.